The Morgan fingerprint density at radius 1 is 1.11 bits per heavy atom. The van der Waals surface area contributed by atoms with Crippen molar-refractivity contribution in [1.82, 2.24) is 24.4 Å². The normalized spacial score (nSPS) is 11.1. The first-order valence-corrected chi connectivity index (χ1v) is 9.02. The molecule has 0 saturated heterocycles. The number of pyridine rings is 1. The largest absolute Gasteiger partial charge is 0.497 e. The molecule has 0 aliphatic carbocycles. The first kappa shape index (κ1) is 18.0. The van der Waals surface area contributed by atoms with Gasteiger partial charge in [0.2, 0.25) is 0 Å². The highest BCUT2D eigenvalue weighted by Gasteiger charge is 2.13. The van der Waals surface area contributed by atoms with Gasteiger partial charge in [-0.25, -0.2) is 14.2 Å². The molecule has 0 aliphatic heterocycles. The first-order valence-electron chi connectivity index (χ1n) is 9.02. The third kappa shape index (κ3) is 3.81. The Morgan fingerprint density at radius 3 is 2.86 bits per heavy atom. The third-order valence-corrected chi connectivity index (χ3v) is 4.31. The van der Waals surface area contributed by atoms with E-state index in [4.69, 9.17) is 9.47 Å². The van der Waals surface area contributed by atoms with Gasteiger partial charge < -0.3 is 14.6 Å². The molecule has 0 unspecified atom stereocenters. The van der Waals surface area contributed by atoms with E-state index in [1.807, 2.05) is 53.3 Å². The van der Waals surface area contributed by atoms with Crippen molar-refractivity contribution >= 4 is 5.52 Å². The van der Waals surface area contributed by atoms with Gasteiger partial charge in [-0.1, -0.05) is 6.07 Å². The van der Waals surface area contributed by atoms with E-state index < -0.39 is 0 Å². The van der Waals surface area contributed by atoms with Crippen molar-refractivity contribution in [2.24, 2.45) is 0 Å². The van der Waals surface area contributed by atoms with E-state index in [0.29, 0.717) is 24.5 Å². The molecule has 28 heavy (non-hydrogen) atoms. The second kappa shape index (κ2) is 8.10. The molecule has 3 heterocycles. The SMILES string of the molecule is COc1cccc(OCc2nc(-c3ccn4nccc4c3)n(CCCO)n2)c1. The van der Waals surface area contributed by atoms with Gasteiger partial charge >= 0.3 is 0 Å². The molecule has 8 nitrogen and oxygen atoms in total. The van der Waals surface area contributed by atoms with Gasteiger partial charge in [-0.3, -0.25) is 0 Å². The van der Waals surface area contributed by atoms with E-state index in [0.717, 1.165) is 22.7 Å². The summed E-state index contributed by atoms with van der Waals surface area (Å²) >= 11 is 0. The Morgan fingerprint density at radius 2 is 2.00 bits per heavy atom. The van der Waals surface area contributed by atoms with E-state index in [9.17, 15) is 5.11 Å². The number of nitrogens with zero attached hydrogens (tertiary/aromatic N) is 5. The second-order valence-corrected chi connectivity index (χ2v) is 6.24. The number of fused-ring (bicyclic) bond motifs is 1. The van der Waals surface area contributed by atoms with Crippen LogP contribution in [0, 0.1) is 0 Å². The highest BCUT2D eigenvalue weighted by atomic mass is 16.5. The molecule has 0 bridgehead atoms. The number of benzene rings is 1. The Kier molecular flexibility index (Phi) is 5.20. The highest BCUT2D eigenvalue weighted by molar-refractivity contribution is 5.63. The number of aryl methyl sites for hydroxylation is 1. The van der Waals surface area contributed by atoms with E-state index in [-0.39, 0.29) is 13.2 Å². The molecule has 0 radical (unpaired) electrons. The smallest absolute Gasteiger partial charge is 0.188 e. The monoisotopic (exact) mass is 379 g/mol. The number of methoxy groups -OCH3 is 1. The molecule has 1 aromatic carbocycles. The third-order valence-electron chi connectivity index (χ3n) is 4.31. The molecular formula is C20H21N5O3. The maximum atomic E-state index is 9.20. The molecule has 3 aromatic heterocycles. The van der Waals surface area contributed by atoms with Crippen molar-refractivity contribution in [2.75, 3.05) is 13.7 Å². The number of ether oxygens (including phenoxy) is 2. The summed E-state index contributed by atoms with van der Waals surface area (Å²) in [6.07, 6.45) is 4.24. The Labute approximate surface area is 162 Å². The number of hydrogen-bond acceptors (Lipinski definition) is 6. The Bertz CT molecular complexity index is 1070. The minimum absolute atomic E-state index is 0.0938. The number of hydrogen-bond donors (Lipinski definition) is 1. The average molecular weight is 379 g/mol. The lowest BCUT2D eigenvalue weighted by Gasteiger charge is -2.05. The van der Waals surface area contributed by atoms with Gasteiger partial charge in [0.05, 0.1) is 12.6 Å². The molecule has 144 valence electrons. The van der Waals surface area contributed by atoms with Gasteiger partial charge in [0.25, 0.3) is 0 Å². The topological polar surface area (TPSA) is 86.7 Å². The van der Waals surface area contributed by atoms with Crippen molar-refractivity contribution in [1.29, 1.82) is 0 Å². The zero-order valence-corrected chi connectivity index (χ0v) is 15.5. The van der Waals surface area contributed by atoms with Gasteiger partial charge in [0, 0.05) is 37.2 Å². The second-order valence-electron chi connectivity index (χ2n) is 6.24. The molecule has 4 aromatic rings. The Balaban J connectivity index is 1.59. The lowest BCUT2D eigenvalue weighted by molar-refractivity contribution is 0.275. The Hall–Kier alpha value is -3.39. The van der Waals surface area contributed by atoms with Crippen LogP contribution >= 0.6 is 0 Å². The van der Waals surface area contributed by atoms with E-state index in [1.165, 1.54) is 0 Å². The molecule has 0 aliphatic rings. The van der Waals surface area contributed by atoms with E-state index >= 15 is 0 Å². The first-order chi connectivity index (χ1) is 13.8. The summed E-state index contributed by atoms with van der Waals surface area (Å²) in [5.74, 6) is 2.73. The summed E-state index contributed by atoms with van der Waals surface area (Å²) < 4.78 is 14.6. The molecule has 1 N–H and O–H groups in total. The predicted molar refractivity (Wildman–Crippen MR) is 103 cm³/mol. The summed E-state index contributed by atoms with van der Waals surface area (Å²) in [5.41, 5.74) is 1.91. The standard InChI is InChI=1S/C20H21N5O3/c1-27-17-4-2-5-18(13-17)28-14-19-22-20(25(23-19)9-3-11-26)15-7-10-24-16(12-15)6-8-21-24/h2,4-8,10,12-13,26H,3,9,11,14H2,1H3. The molecule has 0 spiro atoms. The number of aliphatic hydroxyl groups excluding tert-OH is 1. The number of aromatic nitrogens is 5. The zero-order valence-electron chi connectivity index (χ0n) is 15.5. The molecule has 0 saturated carbocycles. The zero-order chi connectivity index (χ0) is 19.3. The molecular weight excluding hydrogens is 358 g/mol. The van der Waals surface area contributed by atoms with Crippen LogP contribution in [-0.4, -0.2) is 43.2 Å². The maximum absolute atomic E-state index is 9.20. The van der Waals surface area contributed by atoms with Crippen LogP contribution in [0.5, 0.6) is 11.5 Å². The van der Waals surface area contributed by atoms with Gasteiger partial charge in [-0.2, -0.15) is 10.2 Å². The molecule has 0 fully saturated rings. The molecule has 0 atom stereocenters. The van der Waals surface area contributed by atoms with Crippen molar-refractivity contribution < 1.29 is 14.6 Å². The summed E-state index contributed by atoms with van der Waals surface area (Å²) in [6, 6.07) is 13.3. The molecule has 8 heteroatoms. The van der Waals surface area contributed by atoms with Crippen molar-refractivity contribution in [2.45, 2.75) is 19.6 Å². The minimum atomic E-state index is 0.0938. The predicted octanol–water partition coefficient (Wildman–Crippen LogP) is 2.56. The van der Waals surface area contributed by atoms with Gasteiger partial charge in [-0.05, 0) is 36.8 Å². The fourth-order valence-corrected chi connectivity index (χ4v) is 2.94. The fraction of sp³-hybridized carbons (Fsp3) is 0.250. The summed E-state index contributed by atoms with van der Waals surface area (Å²) in [7, 11) is 1.62. The lowest BCUT2D eigenvalue weighted by atomic mass is 10.2. The van der Waals surface area contributed by atoms with Crippen LogP contribution in [0.15, 0.2) is 54.9 Å². The van der Waals surface area contributed by atoms with Crippen LogP contribution in [0.4, 0.5) is 0 Å². The maximum Gasteiger partial charge on any atom is 0.188 e. The van der Waals surface area contributed by atoms with Crippen LogP contribution in [-0.2, 0) is 13.2 Å². The number of rotatable bonds is 8. The van der Waals surface area contributed by atoms with Crippen molar-refractivity contribution in [3.63, 3.8) is 0 Å². The van der Waals surface area contributed by atoms with Crippen LogP contribution < -0.4 is 9.47 Å². The highest BCUT2D eigenvalue weighted by Crippen LogP contribution is 2.22. The minimum Gasteiger partial charge on any atom is -0.497 e. The molecule has 4 rings (SSSR count). The lowest BCUT2D eigenvalue weighted by Crippen LogP contribution is -2.05. The molecule has 0 amide bonds. The number of aliphatic hydroxyl groups is 1. The van der Waals surface area contributed by atoms with Crippen molar-refractivity contribution in [3.05, 3.63) is 60.7 Å². The van der Waals surface area contributed by atoms with Crippen LogP contribution in [0.2, 0.25) is 0 Å². The van der Waals surface area contributed by atoms with Gasteiger partial charge in [0.15, 0.2) is 11.6 Å². The van der Waals surface area contributed by atoms with E-state index in [2.05, 4.69) is 15.2 Å². The van der Waals surface area contributed by atoms with Crippen LogP contribution in [0.25, 0.3) is 16.9 Å². The van der Waals surface area contributed by atoms with E-state index in [1.54, 1.807) is 17.8 Å². The summed E-state index contributed by atoms with van der Waals surface area (Å²) in [5, 5.41) is 18.0. The van der Waals surface area contributed by atoms with Crippen molar-refractivity contribution in [3.8, 4) is 22.9 Å². The average Bonchev–Trinajstić information content (AvgIpc) is 3.37. The fourth-order valence-electron chi connectivity index (χ4n) is 2.94. The summed E-state index contributed by atoms with van der Waals surface area (Å²) in [4.78, 5) is 4.67. The van der Waals surface area contributed by atoms with Gasteiger partial charge in [0.1, 0.15) is 18.1 Å². The summed E-state index contributed by atoms with van der Waals surface area (Å²) in [6.45, 7) is 0.903. The van der Waals surface area contributed by atoms with Crippen LogP contribution in [0.3, 0.4) is 0 Å². The van der Waals surface area contributed by atoms with Gasteiger partial charge in [-0.15, -0.1) is 0 Å². The van der Waals surface area contributed by atoms with Crippen LogP contribution in [0.1, 0.15) is 12.2 Å². The quantitative estimate of drug-likeness (QED) is 0.506.